The number of benzene rings is 1. The van der Waals surface area contributed by atoms with E-state index in [1.54, 1.807) is 18.2 Å². The van der Waals surface area contributed by atoms with Crippen molar-refractivity contribution in [3.63, 3.8) is 0 Å². The summed E-state index contributed by atoms with van der Waals surface area (Å²) < 4.78 is 12.1. The molecule has 5 heteroatoms. The fourth-order valence-corrected chi connectivity index (χ4v) is 3.06. The molecule has 0 spiro atoms. The predicted octanol–water partition coefficient (Wildman–Crippen LogP) is 3.36. The summed E-state index contributed by atoms with van der Waals surface area (Å²) in [5.41, 5.74) is 5.83. The second-order valence-corrected chi connectivity index (χ2v) is 6.79. The van der Waals surface area contributed by atoms with Crippen molar-refractivity contribution in [2.45, 2.75) is 31.6 Å². The molecule has 0 fully saturated rings. The van der Waals surface area contributed by atoms with Crippen LogP contribution in [0.2, 0.25) is 5.02 Å². The van der Waals surface area contributed by atoms with Gasteiger partial charge < -0.3 is 5.73 Å². The largest absolute Gasteiger partial charge is 0.399 e. The van der Waals surface area contributed by atoms with Gasteiger partial charge in [0, 0.05) is 11.4 Å². The molecule has 0 aliphatic heterocycles. The summed E-state index contributed by atoms with van der Waals surface area (Å²) in [5.74, 6) is 0.494. The van der Waals surface area contributed by atoms with Crippen LogP contribution in [0, 0.1) is 16.7 Å². The standard InChI is InChI=1S/C13H17ClN2OS/c1-13(2,9-15)6-3-7-18(17)12-8-10(16)4-5-11(12)14/h4-5,8H,3,6-7,16H2,1-2H3. The van der Waals surface area contributed by atoms with Gasteiger partial charge >= 0.3 is 0 Å². The highest BCUT2D eigenvalue weighted by Gasteiger charge is 2.17. The minimum Gasteiger partial charge on any atom is -0.399 e. The summed E-state index contributed by atoms with van der Waals surface area (Å²) in [7, 11) is -1.16. The first-order valence-corrected chi connectivity index (χ1v) is 7.40. The van der Waals surface area contributed by atoms with Crippen LogP contribution < -0.4 is 5.73 Å². The first-order chi connectivity index (χ1) is 8.35. The van der Waals surface area contributed by atoms with Crippen molar-refractivity contribution >= 4 is 28.1 Å². The number of hydrogen-bond donors (Lipinski definition) is 1. The van der Waals surface area contributed by atoms with E-state index in [4.69, 9.17) is 22.6 Å². The molecule has 2 N–H and O–H groups in total. The summed E-state index contributed by atoms with van der Waals surface area (Å²) in [6, 6.07) is 7.22. The Morgan fingerprint density at radius 1 is 1.50 bits per heavy atom. The summed E-state index contributed by atoms with van der Waals surface area (Å²) in [4.78, 5) is 0.575. The maximum absolute atomic E-state index is 12.1. The number of nitrogens with two attached hydrogens (primary N) is 1. The Morgan fingerprint density at radius 2 is 2.17 bits per heavy atom. The van der Waals surface area contributed by atoms with Crippen LogP contribution >= 0.6 is 11.6 Å². The minimum absolute atomic E-state index is 0.371. The highest BCUT2D eigenvalue weighted by Crippen LogP contribution is 2.25. The lowest BCUT2D eigenvalue weighted by molar-refractivity contribution is 0.447. The summed E-state index contributed by atoms with van der Waals surface area (Å²) in [5, 5.41) is 9.37. The number of rotatable bonds is 5. The van der Waals surface area contributed by atoms with Gasteiger partial charge in [0.1, 0.15) is 0 Å². The Bertz CT molecular complexity index is 494. The van der Waals surface area contributed by atoms with Crippen molar-refractivity contribution in [1.82, 2.24) is 0 Å². The Labute approximate surface area is 115 Å². The third-order valence-corrected chi connectivity index (χ3v) is 4.56. The molecule has 98 valence electrons. The molecule has 1 atom stereocenters. The minimum atomic E-state index is -1.16. The van der Waals surface area contributed by atoms with Crippen LogP contribution in [0.25, 0.3) is 0 Å². The lowest BCUT2D eigenvalue weighted by Gasteiger charge is -2.14. The van der Waals surface area contributed by atoms with Crippen molar-refractivity contribution in [2.75, 3.05) is 11.5 Å². The van der Waals surface area contributed by atoms with Gasteiger partial charge in [-0.2, -0.15) is 5.26 Å². The number of hydrogen-bond acceptors (Lipinski definition) is 3. The molecule has 0 radical (unpaired) electrons. The van der Waals surface area contributed by atoms with E-state index < -0.39 is 10.8 Å². The molecule has 1 rings (SSSR count). The number of nitrogen functional groups attached to an aromatic ring is 1. The molecule has 0 heterocycles. The van der Waals surface area contributed by atoms with Gasteiger partial charge in [-0.25, -0.2) is 0 Å². The SMILES string of the molecule is CC(C)(C#N)CCCS(=O)c1cc(N)ccc1Cl. The van der Waals surface area contributed by atoms with Gasteiger partial charge in [-0.3, -0.25) is 4.21 Å². The van der Waals surface area contributed by atoms with Crippen molar-refractivity contribution in [2.24, 2.45) is 5.41 Å². The Hall–Kier alpha value is -1.05. The second-order valence-electron chi connectivity index (χ2n) is 4.84. The second kappa shape index (κ2) is 6.21. The van der Waals surface area contributed by atoms with E-state index in [0.717, 1.165) is 12.8 Å². The third kappa shape index (κ3) is 4.32. The maximum Gasteiger partial charge on any atom is 0.0683 e. The molecule has 0 bridgehead atoms. The third-order valence-electron chi connectivity index (χ3n) is 2.63. The zero-order chi connectivity index (χ0) is 13.8. The van der Waals surface area contributed by atoms with Crippen LogP contribution in [0.4, 0.5) is 5.69 Å². The molecule has 0 amide bonds. The Balaban J connectivity index is 2.62. The van der Waals surface area contributed by atoms with Crippen LogP contribution in [0.3, 0.4) is 0 Å². The molecule has 3 nitrogen and oxygen atoms in total. The van der Waals surface area contributed by atoms with Crippen molar-refractivity contribution in [3.05, 3.63) is 23.2 Å². The van der Waals surface area contributed by atoms with Gasteiger partial charge in [-0.05, 0) is 44.9 Å². The van der Waals surface area contributed by atoms with E-state index in [-0.39, 0.29) is 5.41 Å². The first kappa shape index (κ1) is 15.0. The van der Waals surface area contributed by atoms with Crippen molar-refractivity contribution in [3.8, 4) is 6.07 Å². The molecular weight excluding hydrogens is 268 g/mol. The molecule has 0 aliphatic carbocycles. The van der Waals surface area contributed by atoms with Crippen LogP contribution in [0.5, 0.6) is 0 Å². The maximum atomic E-state index is 12.1. The topological polar surface area (TPSA) is 66.9 Å². The molecule has 1 aromatic carbocycles. The highest BCUT2D eigenvalue weighted by atomic mass is 35.5. The van der Waals surface area contributed by atoms with Gasteiger partial charge in [0.25, 0.3) is 0 Å². The number of halogens is 1. The number of nitriles is 1. The van der Waals surface area contributed by atoms with Crippen LogP contribution in [0.15, 0.2) is 23.1 Å². The van der Waals surface area contributed by atoms with Crippen LogP contribution in [0.1, 0.15) is 26.7 Å². The van der Waals surface area contributed by atoms with Crippen LogP contribution in [-0.2, 0) is 10.8 Å². The Kier molecular flexibility index (Phi) is 5.18. The van der Waals surface area contributed by atoms with E-state index >= 15 is 0 Å². The summed E-state index contributed by atoms with van der Waals surface area (Å²) >= 11 is 5.99. The summed E-state index contributed by atoms with van der Waals surface area (Å²) in [6.07, 6.45) is 1.44. The number of anilines is 1. The van der Waals surface area contributed by atoms with Gasteiger partial charge in [-0.15, -0.1) is 0 Å². The molecule has 0 aromatic heterocycles. The van der Waals surface area contributed by atoms with Gasteiger partial charge in [0.2, 0.25) is 0 Å². The predicted molar refractivity (Wildman–Crippen MR) is 75.8 cm³/mol. The molecular formula is C13H17ClN2OS. The van der Waals surface area contributed by atoms with E-state index in [1.165, 1.54) is 0 Å². The van der Waals surface area contributed by atoms with E-state index in [2.05, 4.69) is 6.07 Å². The van der Waals surface area contributed by atoms with E-state index in [9.17, 15) is 4.21 Å². The normalized spacial score (nSPS) is 13.0. The first-order valence-electron chi connectivity index (χ1n) is 5.70. The Morgan fingerprint density at radius 3 is 2.78 bits per heavy atom. The van der Waals surface area contributed by atoms with Gasteiger partial charge in [0.15, 0.2) is 0 Å². The average Bonchev–Trinajstić information content (AvgIpc) is 2.32. The average molecular weight is 285 g/mol. The highest BCUT2D eigenvalue weighted by molar-refractivity contribution is 7.85. The molecule has 1 unspecified atom stereocenters. The quantitative estimate of drug-likeness (QED) is 0.843. The molecule has 0 aliphatic rings. The van der Waals surface area contributed by atoms with Gasteiger partial charge in [-0.1, -0.05) is 11.6 Å². The fourth-order valence-electron chi connectivity index (χ4n) is 1.51. The van der Waals surface area contributed by atoms with Gasteiger partial charge in [0.05, 0.1) is 32.2 Å². The number of nitrogens with zero attached hydrogens (tertiary/aromatic N) is 1. The lowest BCUT2D eigenvalue weighted by atomic mass is 9.90. The van der Waals surface area contributed by atoms with Crippen LogP contribution in [-0.4, -0.2) is 9.96 Å². The zero-order valence-corrected chi connectivity index (χ0v) is 12.1. The van der Waals surface area contributed by atoms with Crippen molar-refractivity contribution in [1.29, 1.82) is 5.26 Å². The molecule has 0 saturated carbocycles. The smallest absolute Gasteiger partial charge is 0.0683 e. The van der Waals surface area contributed by atoms with E-state index in [0.29, 0.717) is 21.4 Å². The summed E-state index contributed by atoms with van der Waals surface area (Å²) in [6.45, 7) is 3.76. The zero-order valence-electron chi connectivity index (χ0n) is 10.6. The lowest BCUT2D eigenvalue weighted by Crippen LogP contribution is -2.10. The van der Waals surface area contributed by atoms with E-state index in [1.807, 2.05) is 13.8 Å². The molecule has 18 heavy (non-hydrogen) atoms. The molecule has 1 aromatic rings. The molecule has 0 saturated heterocycles. The fraction of sp³-hybridized carbons (Fsp3) is 0.462. The monoisotopic (exact) mass is 284 g/mol. The van der Waals surface area contributed by atoms with Crippen molar-refractivity contribution < 1.29 is 4.21 Å².